The van der Waals surface area contributed by atoms with Crippen LogP contribution in [0.4, 0.5) is 5.13 Å². The van der Waals surface area contributed by atoms with E-state index in [0.717, 1.165) is 21.9 Å². The Kier molecular flexibility index (Phi) is 7.06. The molecule has 1 heterocycles. The van der Waals surface area contributed by atoms with E-state index in [2.05, 4.69) is 20.2 Å². The van der Waals surface area contributed by atoms with Gasteiger partial charge in [-0.1, -0.05) is 91.8 Å². The molecule has 0 saturated heterocycles. The van der Waals surface area contributed by atoms with E-state index in [0.29, 0.717) is 16.6 Å². The number of aromatic nitrogens is 2. The van der Waals surface area contributed by atoms with E-state index in [-0.39, 0.29) is 10.8 Å². The molecule has 0 unspecified atom stereocenters. The van der Waals surface area contributed by atoms with Crippen molar-refractivity contribution < 1.29 is 13.2 Å². The molecular formula is C25H26N4O3S2. The molecule has 4 rings (SSSR count). The van der Waals surface area contributed by atoms with Gasteiger partial charge in [0.1, 0.15) is 11.0 Å². The third-order valence-electron chi connectivity index (χ3n) is 5.76. The van der Waals surface area contributed by atoms with E-state index in [1.807, 2.05) is 69.3 Å². The zero-order chi connectivity index (χ0) is 24.3. The number of nitrogens with one attached hydrogen (secondary N) is 2. The van der Waals surface area contributed by atoms with Gasteiger partial charge in [-0.25, -0.2) is 8.42 Å². The molecule has 0 aliphatic carbocycles. The molecule has 0 spiro atoms. The highest BCUT2D eigenvalue weighted by atomic mass is 32.2. The van der Waals surface area contributed by atoms with Crippen LogP contribution in [0.15, 0.2) is 71.6 Å². The topological polar surface area (TPSA) is 101 Å². The summed E-state index contributed by atoms with van der Waals surface area (Å²) in [6.07, 6.45) is 0.614. The lowest BCUT2D eigenvalue weighted by Gasteiger charge is -2.23. The number of fused-ring (bicyclic) bond motifs is 1. The van der Waals surface area contributed by atoms with Crippen molar-refractivity contribution >= 4 is 43.2 Å². The standard InChI is InChI=1S/C25H26N4O3S2/c1-4-17(3)22(29-34(31,32)21-14-13-18-7-5-6-8-20(18)15-21)23(30)26-25-28-27-24(33-25)19-11-9-16(2)10-12-19/h5-15,17,22,29H,4H2,1-3H3,(H,26,28,30)/t17-,22-/m0/s1. The van der Waals surface area contributed by atoms with Crippen LogP contribution in [0.3, 0.4) is 0 Å². The maximum absolute atomic E-state index is 13.2. The number of sulfonamides is 1. The first kappa shape index (κ1) is 24.0. The Morgan fingerprint density at radius 2 is 1.71 bits per heavy atom. The van der Waals surface area contributed by atoms with Crippen LogP contribution in [0.2, 0.25) is 0 Å². The first-order chi connectivity index (χ1) is 16.3. The Bertz CT molecular complexity index is 1420. The second kappa shape index (κ2) is 10.0. The zero-order valence-corrected chi connectivity index (χ0v) is 20.8. The summed E-state index contributed by atoms with van der Waals surface area (Å²) in [5.74, 6) is -0.704. The van der Waals surface area contributed by atoms with Gasteiger partial charge in [0.15, 0.2) is 0 Å². The summed E-state index contributed by atoms with van der Waals surface area (Å²) in [5, 5.41) is 13.7. The fourth-order valence-corrected chi connectivity index (χ4v) is 5.59. The predicted molar refractivity (Wildman–Crippen MR) is 136 cm³/mol. The number of amides is 1. The van der Waals surface area contributed by atoms with E-state index in [9.17, 15) is 13.2 Å². The van der Waals surface area contributed by atoms with Gasteiger partial charge in [0.2, 0.25) is 21.1 Å². The molecule has 9 heteroatoms. The monoisotopic (exact) mass is 494 g/mol. The van der Waals surface area contributed by atoms with Crippen molar-refractivity contribution in [2.45, 2.75) is 38.1 Å². The highest BCUT2D eigenvalue weighted by Crippen LogP contribution is 2.27. The van der Waals surface area contributed by atoms with Crippen molar-refractivity contribution in [3.05, 3.63) is 72.3 Å². The van der Waals surface area contributed by atoms with Crippen molar-refractivity contribution in [2.75, 3.05) is 5.32 Å². The zero-order valence-electron chi connectivity index (χ0n) is 19.1. The van der Waals surface area contributed by atoms with Crippen LogP contribution in [0, 0.1) is 12.8 Å². The largest absolute Gasteiger partial charge is 0.299 e. The van der Waals surface area contributed by atoms with Crippen LogP contribution in [0.25, 0.3) is 21.3 Å². The van der Waals surface area contributed by atoms with Crippen molar-refractivity contribution in [3.8, 4) is 10.6 Å². The summed E-state index contributed by atoms with van der Waals surface area (Å²) >= 11 is 1.24. The summed E-state index contributed by atoms with van der Waals surface area (Å²) in [6.45, 7) is 5.75. The molecule has 0 aliphatic heterocycles. The van der Waals surface area contributed by atoms with Gasteiger partial charge >= 0.3 is 0 Å². The van der Waals surface area contributed by atoms with Crippen LogP contribution in [-0.2, 0) is 14.8 Å². The number of anilines is 1. The highest BCUT2D eigenvalue weighted by Gasteiger charge is 2.30. The van der Waals surface area contributed by atoms with Crippen molar-refractivity contribution in [1.29, 1.82) is 0 Å². The Morgan fingerprint density at radius 3 is 2.41 bits per heavy atom. The van der Waals surface area contributed by atoms with Gasteiger partial charge in [0, 0.05) is 5.56 Å². The number of carbonyl (C=O) groups excluding carboxylic acids is 1. The second-order valence-corrected chi connectivity index (χ2v) is 11.0. The molecule has 1 amide bonds. The molecule has 2 N–H and O–H groups in total. The van der Waals surface area contributed by atoms with Gasteiger partial charge in [-0.05, 0) is 35.7 Å². The summed E-state index contributed by atoms with van der Waals surface area (Å²) in [4.78, 5) is 13.2. The molecule has 3 aromatic carbocycles. The van der Waals surface area contributed by atoms with Crippen molar-refractivity contribution in [2.24, 2.45) is 5.92 Å². The van der Waals surface area contributed by atoms with Gasteiger partial charge in [0.05, 0.1) is 4.90 Å². The Balaban J connectivity index is 1.54. The average molecular weight is 495 g/mol. The molecule has 4 aromatic rings. The smallest absolute Gasteiger partial charge is 0.244 e. The minimum atomic E-state index is -3.93. The lowest BCUT2D eigenvalue weighted by atomic mass is 9.99. The van der Waals surface area contributed by atoms with E-state index in [1.165, 1.54) is 11.3 Å². The van der Waals surface area contributed by atoms with Gasteiger partial charge in [-0.15, -0.1) is 10.2 Å². The molecule has 2 atom stereocenters. The van der Waals surface area contributed by atoms with Crippen LogP contribution in [-0.4, -0.2) is 30.6 Å². The van der Waals surface area contributed by atoms with Crippen LogP contribution in [0.1, 0.15) is 25.8 Å². The van der Waals surface area contributed by atoms with Gasteiger partial charge < -0.3 is 0 Å². The Labute approximate surface area is 203 Å². The molecule has 7 nitrogen and oxygen atoms in total. The normalized spacial score (nSPS) is 13.5. The minimum absolute atomic E-state index is 0.116. The number of benzene rings is 3. The number of rotatable bonds is 8. The third-order valence-corrected chi connectivity index (χ3v) is 8.09. The van der Waals surface area contributed by atoms with Gasteiger partial charge in [-0.2, -0.15) is 4.72 Å². The van der Waals surface area contributed by atoms with Crippen LogP contribution in [0.5, 0.6) is 0 Å². The average Bonchev–Trinajstić information content (AvgIpc) is 3.30. The molecule has 0 saturated carbocycles. The molecule has 0 bridgehead atoms. The maximum atomic E-state index is 13.2. The van der Waals surface area contributed by atoms with E-state index >= 15 is 0 Å². The number of carbonyl (C=O) groups is 1. The summed E-state index contributed by atoms with van der Waals surface area (Å²) in [6, 6.07) is 19.3. The van der Waals surface area contributed by atoms with Crippen molar-refractivity contribution in [1.82, 2.24) is 14.9 Å². The van der Waals surface area contributed by atoms with Crippen LogP contribution < -0.4 is 10.0 Å². The number of hydrogen-bond donors (Lipinski definition) is 2. The molecule has 0 aliphatic rings. The third kappa shape index (κ3) is 5.32. The Morgan fingerprint density at radius 1 is 1.00 bits per heavy atom. The first-order valence-corrected chi connectivity index (χ1v) is 13.3. The summed E-state index contributed by atoms with van der Waals surface area (Å²) in [7, 11) is -3.93. The number of aryl methyl sites for hydroxylation is 1. The second-order valence-electron chi connectivity index (χ2n) is 8.26. The van der Waals surface area contributed by atoms with Crippen LogP contribution >= 0.6 is 11.3 Å². The summed E-state index contributed by atoms with van der Waals surface area (Å²) < 4.78 is 28.9. The predicted octanol–water partition coefficient (Wildman–Crippen LogP) is 5.00. The molecule has 0 fully saturated rings. The SMILES string of the molecule is CC[C@H](C)[C@H](NS(=O)(=O)c1ccc2ccccc2c1)C(=O)Nc1nnc(-c2ccc(C)cc2)s1. The highest BCUT2D eigenvalue weighted by molar-refractivity contribution is 7.89. The number of hydrogen-bond acceptors (Lipinski definition) is 6. The Hall–Kier alpha value is -3.14. The lowest BCUT2D eigenvalue weighted by Crippen LogP contribution is -2.47. The molecule has 176 valence electrons. The fraction of sp³-hybridized carbons (Fsp3) is 0.240. The van der Waals surface area contributed by atoms with E-state index in [1.54, 1.807) is 18.2 Å². The quantitative estimate of drug-likeness (QED) is 0.359. The van der Waals surface area contributed by atoms with E-state index < -0.39 is 22.0 Å². The molecular weight excluding hydrogens is 468 g/mol. The molecule has 34 heavy (non-hydrogen) atoms. The van der Waals surface area contributed by atoms with Crippen molar-refractivity contribution in [3.63, 3.8) is 0 Å². The fourth-order valence-electron chi connectivity index (χ4n) is 3.50. The van der Waals surface area contributed by atoms with Gasteiger partial charge in [0.25, 0.3) is 0 Å². The minimum Gasteiger partial charge on any atom is -0.299 e. The number of nitrogens with zero attached hydrogens (tertiary/aromatic N) is 2. The molecule has 0 radical (unpaired) electrons. The first-order valence-electron chi connectivity index (χ1n) is 11.0. The summed E-state index contributed by atoms with van der Waals surface area (Å²) in [5.41, 5.74) is 2.04. The maximum Gasteiger partial charge on any atom is 0.244 e. The molecule has 1 aromatic heterocycles. The van der Waals surface area contributed by atoms with Gasteiger partial charge in [-0.3, -0.25) is 10.1 Å². The van der Waals surface area contributed by atoms with E-state index in [4.69, 9.17) is 0 Å². The lowest BCUT2D eigenvalue weighted by molar-refractivity contribution is -0.118.